The molecule has 6 nitrogen and oxygen atoms in total. The molecule has 1 amide bonds. The normalized spacial score (nSPS) is 14.6. The monoisotopic (exact) mass is 518 g/mol. The number of carbonyl (C=O) groups excluding carboxylic acids is 2. The molecule has 0 saturated carbocycles. The molecule has 192 valence electrons. The SMILES string of the molecule is CCOC(=O)C1=C(C)N(c2ccc(OCC)cc2)C(=O)/C1=C\c1cc(C)n(-c2ccc(C)c(Cl)c2)c1C. The zero-order valence-electron chi connectivity index (χ0n) is 22.0. The van der Waals surface area contributed by atoms with Crippen LogP contribution in [0.3, 0.4) is 0 Å². The molecule has 3 aromatic rings. The van der Waals surface area contributed by atoms with E-state index in [4.69, 9.17) is 21.1 Å². The lowest BCUT2D eigenvalue weighted by atomic mass is 10.0. The lowest BCUT2D eigenvalue weighted by Gasteiger charge is -2.18. The smallest absolute Gasteiger partial charge is 0.340 e. The van der Waals surface area contributed by atoms with Gasteiger partial charge < -0.3 is 14.0 Å². The summed E-state index contributed by atoms with van der Waals surface area (Å²) in [5, 5.41) is 0.685. The fraction of sp³-hybridized carbons (Fsp3) is 0.267. The lowest BCUT2D eigenvalue weighted by Crippen LogP contribution is -2.24. The van der Waals surface area contributed by atoms with Gasteiger partial charge in [0.2, 0.25) is 0 Å². The van der Waals surface area contributed by atoms with E-state index in [0.29, 0.717) is 34.3 Å². The number of anilines is 1. The Hall–Kier alpha value is -3.77. The van der Waals surface area contributed by atoms with Gasteiger partial charge in [0.15, 0.2) is 0 Å². The number of carbonyl (C=O) groups is 2. The summed E-state index contributed by atoms with van der Waals surface area (Å²) in [6, 6.07) is 15.2. The van der Waals surface area contributed by atoms with Gasteiger partial charge in [-0.25, -0.2) is 4.79 Å². The van der Waals surface area contributed by atoms with Crippen LogP contribution in [0.25, 0.3) is 11.8 Å². The summed E-state index contributed by atoms with van der Waals surface area (Å²) in [4.78, 5) is 28.3. The Balaban J connectivity index is 1.81. The fourth-order valence-electron chi connectivity index (χ4n) is 4.66. The molecule has 0 atom stereocenters. The average molecular weight is 519 g/mol. The van der Waals surface area contributed by atoms with E-state index < -0.39 is 5.97 Å². The first-order valence-corrected chi connectivity index (χ1v) is 12.7. The third-order valence-electron chi connectivity index (χ3n) is 6.47. The molecule has 37 heavy (non-hydrogen) atoms. The molecular formula is C30H31ClN2O4. The molecule has 1 aliphatic heterocycles. The van der Waals surface area contributed by atoms with Gasteiger partial charge in [0.1, 0.15) is 5.75 Å². The van der Waals surface area contributed by atoms with Crippen molar-refractivity contribution in [1.29, 1.82) is 0 Å². The molecule has 2 aromatic carbocycles. The third-order valence-corrected chi connectivity index (χ3v) is 6.88. The Labute approximate surface area is 222 Å². The van der Waals surface area contributed by atoms with Crippen molar-refractivity contribution in [2.24, 2.45) is 0 Å². The van der Waals surface area contributed by atoms with Crippen LogP contribution in [-0.4, -0.2) is 29.7 Å². The van der Waals surface area contributed by atoms with E-state index in [1.807, 2.05) is 76.2 Å². The molecule has 1 aliphatic rings. The van der Waals surface area contributed by atoms with Gasteiger partial charge in [-0.3, -0.25) is 9.69 Å². The molecule has 0 aliphatic carbocycles. The van der Waals surface area contributed by atoms with E-state index in [9.17, 15) is 9.59 Å². The van der Waals surface area contributed by atoms with Crippen molar-refractivity contribution in [2.75, 3.05) is 18.1 Å². The van der Waals surface area contributed by atoms with Crippen LogP contribution in [0.2, 0.25) is 5.02 Å². The summed E-state index contributed by atoms with van der Waals surface area (Å²) in [6.45, 7) is 12.1. The molecular weight excluding hydrogens is 488 g/mol. The van der Waals surface area contributed by atoms with Gasteiger partial charge in [0.05, 0.1) is 24.4 Å². The van der Waals surface area contributed by atoms with E-state index >= 15 is 0 Å². The Morgan fingerprint density at radius 3 is 2.24 bits per heavy atom. The molecule has 7 heteroatoms. The highest BCUT2D eigenvalue weighted by molar-refractivity contribution is 6.31. The Kier molecular flexibility index (Phi) is 7.60. The van der Waals surface area contributed by atoms with Crippen LogP contribution in [0.4, 0.5) is 5.69 Å². The summed E-state index contributed by atoms with van der Waals surface area (Å²) < 4.78 is 13.0. The highest BCUT2D eigenvalue weighted by atomic mass is 35.5. The number of benzene rings is 2. The van der Waals surface area contributed by atoms with Crippen LogP contribution in [-0.2, 0) is 14.3 Å². The molecule has 0 fully saturated rings. The molecule has 2 heterocycles. The van der Waals surface area contributed by atoms with Crippen LogP contribution >= 0.6 is 11.6 Å². The minimum Gasteiger partial charge on any atom is -0.494 e. The summed E-state index contributed by atoms with van der Waals surface area (Å²) in [5.74, 6) is -0.0929. The molecule has 0 radical (unpaired) electrons. The van der Waals surface area contributed by atoms with Crippen molar-refractivity contribution in [3.8, 4) is 11.4 Å². The number of nitrogens with zero attached hydrogens (tertiary/aromatic N) is 2. The van der Waals surface area contributed by atoms with E-state index in [1.54, 1.807) is 24.8 Å². The van der Waals surface area contributed by atoms with Crippen molar-refractivity contribution >= 4 is 35.2 Å². The van der Waals surface area contributed by atoms with Crippen molar-refractivity contribution in [3.63, 3.8) is 0 Å². The maximum absolute atomic E-state index is 13.8. The van der Waals surface area contributed by atoms with E-state index in [2.05, 4.69) is 4.57 Å². The van der Waals surface area contributed by atoms with Crippen LogP contribution in [0.15, 0.2) is 65.4 Å². The van der Waals surface area contributed by atoms with Gasteiger partial charge in [-0.15, -0.1) is 0 Å². The first kappa shape index (κ1) is 26.3. The quantitative estimate of drug-likeness (QED) is 0.257. The zero-order chi connectivity index (χ0) is 26.9. The largest absolute Gasteiger partial charge is 0.494 e. The number of aromatic nitrogens is 1. The second kappa shape index (κ2) is 10.7. The number of halogens is 1. The topological polar surface area (TPSA) is 60.8 Å². The van der Waals surface area contributed by atoms with Crippen LogP contribution < -0.4 is 9.64 Å². The number of allylic oxidation sites excluding steroid dienone is 1. The van der Waals surface area contributed by atoms with E-state index in [-0.39, 0.29) is 18.1 Å². The predicted molar refractivity (Wildman–Crippen MR) is 147 cm³/mol. The van der Waals surface area contributed by atoms with Crippen LogP contribution in [0, 0.1) is 20.8 Å². The number of aryl methyl sites for hydroxylation is 2. The standard InChI is InChI=1S/C30H31ClN2O4/c1-7-36-25-13-11-23(12-14-25)33-21(6)28(30(35)37-8-2)26(29(33)34)16-22-15-19(4)32(20(22)5)24-10-9-18(3)27(31)17-24/h9-17H,7-8H2,1-6H3/b26-16-. The average Bonchev–Trinajstić information content (AvgIpc) is 3.28. The molecule has 0 spiro atoms. The highest BCUT2D eigenvalue weighted by Crippen LogP contribution is 2.37. The molecule has 4 rings (SSSR count). The minimum absolute atomic E-state index is 0.211. The third kappa shape index (κ3) is 4.94. The zero-order valence-corrected chi connectivity index (χ0v) is 22.8. The molecule has 0 unspecified atom stereocenters. The Morgan fingerprint density at radius 2 is 1.62 bits per heavy atom. The van der Waals surface area contributed by atoms with Gasteiger partial charge in [-0.1, -0.05) is 17.7 Å². The van der Waals surface area contributed by atoms with Crippen molar-refractivity contribution in [1.82, 2.24) is 4.57 Å². The molecule has 0 N–H and O–H groups in total. The van der Waals surface area contributed by atoms with E-state index in [0.717, 1.165) is 28.2 Å². The number of rotatable bonds is 7. The van der Waals surface area contributed by atoms with Gasteiger partial charge in [0, 0.05) is 33.5 Å². The number of hydrogen-bond acceptors (Lipinski definition) is 4. The van der Waals surface area contributed by atoms with Gasteiger partial charge in [-0.2, -0.15) is 0 Å². The maximum atomic E-state index is 13.8. The molecule has 0 bridgehead atoms. The van der Waals surface area contributed by atoms with Crippen molar-refractivity contribution < 1.29 is 19.1 Å². The van der Waals surface area contributed by atoms with Crippen LogP contribution in [0.1, 0.15) is 43.3 Å². The second-order valence-electron chi connectivity index (χ2n) is 8.90. The maximum Gasteiger partial charge on any atom is 0.340 e. The van der Waals surface area contributed by atoms with Gasteiger partial charge >= 0.3 is 5.97 Å². The van der Waals surface area contributed by atoms with Crippen molar-refractivity contribution in [2.45, 2.75) is 41.5 Å². The van der Waals surface area contributed by atoms with Gasteiger partial charge in [-0.05, 0) is 101 Å². The van der Waals surface area contributed by atoms with Gasteiger partial charge in [0.25, 0.3) is 5.91 Å². The Morgan fingerprint density at radius 1 is 0.946 bits per heavy atom. The molecule has 1 aromatic heterocycles. The highest BCUT2D eigenvalue weighted by Gasteiger charge is 2.38. The Bertz CT molecular complexity index is 1430. The minimum atomic E-state index is -0.521. The summed E-state index contributed by atoms with van der Waals surface area (Å²) in [5.41, 5.74) is 6.42. The van der Waals surface area contributed by atoms with Crippen molar-refractivity contribution in [3.05, 3.63) is 92.9 Å². The number of esters is 1. The van der Waals surface area contributed by atoms with Crippen LogP contribution in [0.5, 0.6) is 5.75 Å². The first-order chi connectivity index (χ1) is 17.7. The fourth-order valence-corrected chi connectivity index (χ4v) is 4.83. The second-order valence-corrected chi connectivity index (χ2v) is 9.31. The van der Waals surface area contributed by atoms with E-state index in [1.165, 1.54) is 0 Å². The number of amides is 1. The predicted octanol–water partition coefficient (Wildman–Crippen LogP) is 6.72. The number of hydrogen-bond donors (Lipinski definition) is 0. The summed E-state index contributed by atoms with van der Waals surface area (Å²) >= 11 is 6.39. The number of ether oxygens (including phenoxy) is 2. The summed E-state index contributed by atoms with van der Waals surface area (Å²) in [6.07, 6.45) is 1.78. The lowest BCUT2D eigenvalue weighted by molar-refractivity contribution is -0.138. The summed E-state index contributed by atoms with van der Waals surface area (Å²) in [7, 11) is 0. The first-order valence-electron chi connectivity index (χ1n) is 12.3. The molecule has 0 saturated heterocycles.